The zero-order chi connectivity index (χ0) is 19.9. The summed E-state index contributed by atoms with van der Waals surface area (Å²) in [6, 6.07) is 10.8. The number of anilines is 3. The molecule has 1 aromatic heterocycles. The van der Waals surface area contributed by atoms with Crippen LogP contribution in [0, 0.1) is 0 Å². The van der Waals surface area contributed by atoms with E-state index in [0.29, 0.717) is 32.4 Å². The van der Waals surface area contributed by atoms with E-state index in [0.717, 1.165) is 50.9 Å². The molecule has 4 rings (SSSR count). The first-order valence-electron chi connectivity index (χ1n) is 10.5. The summed E-state index contributed by atoms with van der Waals surface area (Å²) >= 11 is 0. The summed E-state index contributed by atoms with van der Waals surface area (Å²) in [5.41, 5.74) is 1.35. The Kier molecular flexibility index (Phi) is 6.74. The van der Waals surface area contributed by atoms with Gasteiger partial charge in [-0.3, -0.25) is 0 Å². The van der Waals surface area contributed by atoms with Crippen LogP contribution in [0.3, 0.4) is 0 Å². The monoisotopic (exact) mass is 398 g/mol. The Bertz CT molecular complexity index is 727. The number of nitrogens with one attached hydrogen (secondary N) is 1. The van der Waals surface area contributed by atoms with Gasteiger partial charge in [-0.05, 0) is 25.3 Å². The lowest BCUT2D eigenvalue weighted by molar-refractivity contribution is 0.121. The van der Waals surface area contributed by atoms with Crippen molar-refractivity contribution < 1.29 is 9.47 Å². The Morgan fingerprint density at radius 1 is 0.862 bits per heavy atom. The standard InChI is InChI=1S/C21H30N6O2/c1-17(7-8-18-5-3-2-4-6-18)22-19-23-20(26-9-13-28-14-10-26)25-21(24-19)27-11-15-29-16-12-27/h2-6,17H,7-16H2,1H3,(H,22,23,24,25). The van der Waals surface area contributed by atoms with Crippen molar-refractivity contribution in [3.05, 3.63) is 35.9 Å². The van der Waals surface area contributed by atoms with Crippen LogP contribution in [0.5, 0.6) is 0 Å². The van der Waals surface area contributed by atoms with Gasteiger partial charge in [-0.2, -0.15) is 15.0 Å². The van der Waals surface area contributed by atoms with Crippen LogP contribution < -0.4 is 15.1 Å². The molecule has 0 saturated carbocycles. The van der Waals surface area contributed by atoms with Crippen molar-refractivity contribution in [3.63, 3.8) is 0 Å². The second-order valence-electron chi connectivity index (χ2n) is 7.53. The number of aryl methyl sites for hydroxylation is 1. The predicted octanol–water partition coefficient (Wildman–Crippen LogP) is 1.98. The summed E-state index contributed by atoms with van der Waals surface area (Å²) in [4.78, 5) is 18.6. The zero-order valence-corrected chi connectivity index (χ0v) is 17.1. The van der Waals surface area contributed by atoms with E-state index in [1.807, 2.05) is 0 Å². The van der Waals surface area contributed by atoms with E-state index in [4.69, 9.17) is 24.4 Å². The maximum absolute atomic E-state index is 5.48. The molecule has 2 aliphatic rings. The summed E-state index contributed by atoms with van der Waals surface area (Å²) in [6.07, 6.45) is 2.03. The number of rotatable bonds is 7. The minimum absolute atomic E-state index is 0.257. The summed E-state index contributed by atoms with van der Waals surface area (Å²) in [6.45, 7) is 8.19. The number of morpholine rings is 2. The van der Waals surface area contributed by atoms with Crippen molar-refractivity contribution >= 4 is 17.8 Å². The number of benzene rings is 1. The fourth-order valence-corrected chi connectivity index (χ4v) is 3.55. The zero-order valence-electron chi connectivity index (χ0n) is 17.1. The Hall–Kier alpha value is -2.45. The molecule has 2 aromatic rings. The normalized spacial score (nSPS) is 18.5. The second-order valence-corrected chi connectivity index (χ2v) is 7.53. The molecule has 2 fully saturated rings. The van der Waals surface area contributed by atoms with Crippen molar-refractivity contribution in [2.24, 2.45) is 0 Å². The van der Waals surface area contributed by atoms with Crippen LogP contribution in [-0.4, -0.2) is 73.6 Å². The van der Waals surface area contributed by atoms with Gasteiger partial charge in [0.05, 0.1) is 26.4 Å². The van der Waals surface area contributed by atoms with Gasteiger partial charge in [-0.1, -0.05) is 30.3 Å². The van der Waals surface area contributed by atoms with E-state index in [9.17, 15) is 0 Å². The van der Waals surface area contributed by atoms with Gasteiger partial charge in [0.15, 0.2) is 0 Å². The number of ether oxygens (including phenoxy) is 2. The number of nitrogens with zero attached hydrogens (tertiary/aromatic N) is 5. The van der Waals surface area contributed by atoms with Crippen LogP contribution in [0.25, 0.3) is 0 Å². The summed E-state index contributed by atoms with van der Waals surface area (Å²) in [5.74, 6) is 2.09. The lowest BCUT2D eigenvalue weighted by Crippen LogP contribution is -2.40. The largest absolute Gasteiger partial charge is 0.378 e. The van der Waals surface area contributed by atoms with Gasteiger partial charge in [-0.25, -0.2) is 0 Å². The van der Waals surface area contributed by atoms with Gasteiger partial charge in [0.2, 0.25) is 17.8 Å². The highest BCUT2D eigenvalue weighted by Gasteiger charge is 2.21. The molecule has 0 amide bonds. The molecule has 1 unspecified atom stereocenters. The molecule has 0 spiro atoms. The molecular formula is C21H30N6O2. The first-order valence-corrected chi connectivity index (χ1v) is 10.5. The molecule has 2 aliphatic heterocycles. The average molecular weight is 399 g/mol. The van der Waals surface area contributed by atoms with Crippen molar-refractivity contribution in [2.75, 3.05) is 67.7 Å². The molecule has 2 saturated heterocycles. The summed E-state index contributed by atoms with van der Waals surface area (Å²) in [7, 11) is 0. The number of aromatic nitrogens is 3. The lowest BCUT2D eigenvalue weighted by Gasteiger charge is -2.30. The van der Waals surface area contributed by atoms with Crippen LogP contribution in [0.1, 0.15) is 18.9 Å². The third-order valence-corrected chi connectivity index (χ3v) is 5.28. The first kappa shape index (κ1) is 19.8. The van der Waals surface area contributed by atoms with Crippen molar-refractivity contribution in [1.29, 1.82) is 0 Å². The molecule has 1 aromatic carbocycles. The molecule has 8 heteroatoms. The van der Waals surface area contributed by atoms with E-state index in [2.05, 4.69) is 52.4 Å². The van der Waals surface area contributed by atoms with Crippen LogP contribution in [0.15, 0.2) is 30.3 Å². The van der Waals surface area contributed by atoms with Crippen LogP contribution in [0.2, 0.25) is 0 Å². The molecule has 1 atom stereocenters. The van der Waals surface area contributed by atoms with E-state index in [-0.39, 0.29) is 6.04 Å². The highest BCUT2D eigenvalue weighted by molar-refractivity contribution is 5.46. The minimum Gasteiger partial charge on any atom is -0.378 e. The third-order valence-electron chi connectivity index (χ3n) is 5.28. The quantitative estimate of drug-likeness (QED) is 0.759. The van der Waals surface area contributed by atoms with Gasteiger partial charge < -0.3 is 24.6 Å². The van der Waals surface area contributed by atoms with Gasteiger partial charge in [0.1, 0.15) is 0 Å². The smallest absolute Gasteiger partial charge is 0.232 e. The van der Waals surface area contributed by atoms with E-state index in [1.54, 1.807) is 0 Å². The maximum atomic E-state index is 5.48. The number of hydrogen-bond donors (Lipinski definition) is 1. The Morgan fingerprint density at radius 2 is 1.41 bits per heavy atom. The molecule has 29 heavy (non-hydrogen) atoms. The van der Waals surface area contributed by atoms with E-state index in [1.165, 1.54) is 5.56 Å². The molecular weight excluding hydrogens is 368 g/mol. The van der Waals surface area contributed by atoms with Gasteiger partial charge in [0.25, 0.3) is 0 Å². The Labute approximate surface area is 172 Å². The Balaban J connectivity index is 1.47. The second kappa shape index (κ2) is 9.84. The fraction of sp³-hybridized carbons (Fsp3) is 0.571. The van der Waals surface area contributed by atoms with Gasteiger partial charge in [-0.15, -0.1) is 0 Å². The molecule has 0 radical (unpaired) electrons. The van der Waals surface area contributed by atoms with Crippen molar-refractivity contribution in [3.8, 4) is 0 Å². The van der Waals surface area contributed by atoms with Crippen LogP contribution in [0.4, 0.5) is 17.8 Å². The van der Waals surface area contributed by atoms with E-state index < -0.39 is 0 Å². The topological polar surface area (TPSA) is 75.6 Å². The van der Waals surface area contributed by atoms with Crippen molar-refractivity contribution in [2.45, 2.75) is 25.8 Å². The molecule has 1 N–H and O–H groups in total. The highest BCUT2D eigenvalue weighted by atomic mass is 16.5. The molecule has 0 aliphatic carbocycles. The molecule has 8 nitrogen and oxygen atoms in total. The van der Waals surface area contributed by atoms with Crippen LogP contribution in [-0.2, 0) is 15.9 Å². The summed E-state index contributed by atoms with van der Waals surface area (Å²) < 4.78 is 11.0. The van der Waals surface area contributed by atoms with Crippen molar-refractivity contribution in [1.82, 2.24) is 15.0 Å². The Morgan fingerprint density at radius 3 is 1.97 bits per heavy atom. The first-order chi connectivity index (χ1) is 14.3. The predicted molar refractivity (Wildman–Crippen MR) is 114 cm³/mol. The average Bonchev–Trinajstić information content (AvgIpc) is 2.79. The lowest BCUT2D eigenvalue weighted by atomic mass is 10.1. The minimum atomic E-state index is 0.257. The van der Waals surface area contributed by atoms with Gasteiger partial charge >= 0.3 is 0 Å². The van der Waals surface area contributed by atoms with E-state index >= 15 is 0 Å². The summed E-state index contributed by atoms with van der Waals surface area (Å²) in [5, 5.41) is 3.49. The molecule has 0 bridgehead atoms. The maximum Gasteiger partial charge on any atom is 0.232 e. The SMILES string of the molecule is CC(CCc1ccccc1)Nc1nc(N2CCOCC2)nc(N2CCOCC2)n1. The third kappa shape index (κ3) is 5.55. The number of hydrogen-bond acceptors (Lipinski definition) is 8. The molecule has 3 heterocycles. The van der Waals surface area contributed by atoms with Crippen LogP contribution >= 0.6 is 0 Å². The highest BCUT2D eigenvalue weighted by Crippen LogP contribution is 2.19. The molecule has 156 valence electrons. The van der Waals surface area contributed by atoms with Gasteiger partial charge in [0, 0.05) is 32.2 Å². The fourth-order valence-electron chi connectivity index (χ4n) is 3.55.